The number of nitrogens with zero attached hydrogens (tertiary/aromatic N) is 3. The average molecular weight is 355 g/mol. The van der Waals surface area contributed by atoms with Crippen molar-refractivity contribution in [2.45, 2.75) is 30.3 Å². The van der Waals surface area contributed by atoms with E-state index in [1.54, 1.807) is 20.2 Å². The number of hydrogen-bond acceptors (Lipinski definition) is 3. The lowest BCUT2D eigenvalue weighted by Gasteiger charge is -2.34. The fourth-order valence-electron chi connectivity index (χ4n) is 4.06. The van der Waals surface area contributed by atoms with E-state index in [2.05, 4.69) is 21.2 Å². The zero-order valence-corrected chi connectivity index (χ0v) is 13.2. The third kappa shape index (κ3) is 1.37. The standard InChI is InChI=1S/C13H15BrN4O3/c1-16-10-9-7(5-13(10,21)17(2)12(16)20)18-6(11(19)15-9)3-4-8(18)14/h3-4,7,9-10,21H,5H2,1-2H3,(H,15,19)/t7-,9-,10+,13+/m1/s1. The van der Waals surface area contributed by atoms with Crippen molar-refractivity contribution < 1.29 is 14.7 Å². The van der Waals surface area contributed by atoms with Crippen LogP contribution < -0.4 is 5.32 Å². The quantitative estimate of drug-likeness (QED) is 0.706. The van der Waals surface area contributed by atoms with Crippen LogP contribution in [0.25, 0.3) is 0 Å². The van der Waals surface area contributed by atoms with E-state index in [9.17, 15) is 14.7 Å². The van der Waals surface area contributed by atoms with E-state index in [-0.39, 0.29) is 24.0 Å². The van der Waals surface area contributed by atoms with Gasteiger partial charge in [-0.3, -0.25) is 9.69 Å². The highest BCUT2D eigenvalue weighted by molar-refractivity contribution is 9.10. The van der Waals surface area contributed by atoms with Gasteiger partial charge < -0.3 is 19.9 Å². The number of fused-ring (bicyclic) bond motifs is 5. The fraction of sp³-hybridized carbons (Fsp3) is 0.538. The summed E-state index contributed by atoms with van der Waals surface area (Å²) in [6, 6.07) is 2.51. The Balaban J connectivity index is 1.86. The summed E-state index contributed by atoms with van der Waals surface area (Å²) in [6.45, 7) is 0. The van der Waals surface area contributed by atoms with Gasteiger partial charge >= 0.3 is 6.03 Å². The molecule has 0 spiro atoms. The van der Waals surface area contributed by atoms with Gasteiger partial charge in [0.15, 0.2) is 5.72 Å². The van der Waals surface area contributed by atoms with Crippen molar-refractivity contribution in [2.75, 3.05) is 14.1 Å². The predicted octanol–water partition coefficient (Wildman–Crippen LogP) is 0.362. The van der Waals surface area contributed by atoms with E-state index in [1.165, 1.54) is 9.80 Å². The van der Waals surface area contributed by atoms with Crippen LogP contribution in [0.2, 0.25) is 0 Å². The van der Waals surface area contributed by atoms with Gasteiger partial charge in [0.2, 0.25) is 0 Å². The molecule has 2 N–H and O–H groups in total. The fourth-order valence-corrected chi connectivity index (χ4v) is 4.65. The number of aromatic nitrogens is 1. The second kappa shape index (κ2) is 3.80. The van der Waals surface area contributed by atoms with Gasteiger partial charge in [-0.25, -0.2) is 4.79 Å². The summed E-state index contributed by atoms with van der Waals surface area (Å²) in [5, 5.41) is 13.9. The van der Waals surface area contributed by atoms with Crippen LogP contribution in [-0.2, 0) is 0 Å². The molecule has 2 fully saturated rings. The van der Waals surface area contributed by atoms with Crippen molar-refractivity contribution >= 4 is 27.9 Å². The third-order valence-corrected chi connectivity index (χ3v) is 5.70. The number of likely N-dealkylation sites (N-methyl/N-ethyl adjacent to an activating group) is 2. The Labute approximate surface area is 129 Å². The van der Waals surface area contributed by atoms with Crippen LogP contribution >= 0.6 is 15.9 Å². The van der Waals surface area contributed by atoms with Gasteiger partial charge in [-0.2, -0.15) is 0 Å². The van der Waals surface area contributed by atoms with Gasteiger partial charge in [-0.1, -0.05) is 0 Å². The van der Waals surface area contributed by atoms with Crippen molar-refractivity contribution in [3.8, 4) is 0 Å². The maximum atomic E-state index is 12.3. The second-order valence-electron chi connectivity index (χ2n) is 5.96. The van der Waals surface area contributed by atoms with Gasteiger partial charge in [0.1, 0.15) is 11.7 Å². The normalized spacial score (nSPS) is 37.4. The van der Waals surface area contributed by atoms with Gasteiger partial charge in [-0.15, -0.1) is 0 Å². The molecule has 0 radical (unpaired) electrons. The maximum absolute atomic E-state index is 12.3. The molecule has 4 rings (SSSR count). The topological polar surface area (TPSA) is 77.8 Å². The van der Waals surface area contributed by atoms with Gasteiger partial charge in [0, 0.05) is 20.5 Å². The molecule has 112 valence electrons. The van der Waals surface area contributed by atoms with Crippen molar-refractivity contribution in [3.63, 3.8) is 0 Å². The molecule has 1 aliphatic carbocycles. The van der Waals surface area contributed by atoms with E-state index in [0.717, 1.165) is 4.60 Å². The van der Waals surface area contributed by atoms with Crippen LogP contribution in [-0.4, -0.2) is 63.3 Å². The number of amides is 3. The van der Waals surface area contributed by atoms with E-state index >= 15 is 0 Å². The molecule has 0 aromatic carbocycles. The first kappa shape index (κ1) is 13.1. The van der Waals surface area contributed by atoms with Crippen molar-refractivity contribution in [1.82, 2.24) is 19.7 Å². The molecule has 1 aromatic heterocycles. The van der Waals surface area contributed by atoms with Crippen LogP contribution in [0.1, 0.15) is 23.0 Å². The lowest BCUT2D eigenvalue weighted by molar-refractivity contribution is -0.0627. The molecule has 2 aliphatic heterocycles. The lowest BCUT2D eigenvalue weighted by atomic mass is 10.0. The zero-order chi connectivity index (χ0) is 15.1. The molecule has 3 aliphatic rings. The number of halogens is 1. The van der Waals surface area contributed by atoms with Gasteiger partial charge in [0.25, 0.3) is 5.91 Å². The Morgan fingerprint density at radius 2 is 2.10 bits per heavy atom. The number of hydrogen-bond donors (Lipinski definition) is 2. The monoisotopic (exact) mass is 354 g/mol. The Bertz CT molecular complexity index is 674. The number of nitrogens with one attached hydrogen (secondary N) is 1. The number of urea groups is 1. The number of rotatable bonds is 0. The molecule has 0 unspecified atom stereocenters. The molecule has 1 aromatic rings. The first-order chi connectivity index (χ1) is 9.86. The molecule has 3 amide bonds. The molecular weight excluding hydrogens is 340 g/mol. The van der Waals surface area contributed by atoms with E-state index in [4.69, 9.17) is 0 Å². The summed E-state index contributed by atoms with van der Waals surface area (Å²) < 4.78 is 2.72. The number of carbonyl (C=O) groups is 2. The van der Waals surface area contributed by atoms with Crippen LogP contribution in [0.15, 0.2) is 16.7 Å². The first-order valence-electron chi connectivity index (χ1n) is 6.77. The Kier molecular flexibility index (Phi) is 2.38. The molecule has 8 heteroatoms. The minimum absolute atomic E-state index is 0.0879. The van der Waals surface area contributed by atoms with Crippen LogP contribution in [0, 0.1) is 0 Å². The van der Waals surface area contributed by atoms with Crippen LogP contribution in [0.4, 0.5) is 4.79 Å². The predicted molar refractivity (Wildman–Crippen MR) is 76.7 cm³/mol. The van der Waals surface area contributed by atoms with E-state index in [1.807, 2.05) is 10.6 Å². The maximum Gasteiger partial charge on any atom is 0.322 e. The number of carbonyl (C=O) groups excluding carboxylic acids is 2. The van der Waals surface area contributed by atoms with Crippen molar-refractivity contribution in [2.24, 2.45) is 0 Å². The molecule has 21 heavy (non-hydrogen) atoms. The molecule has 3 heterocycles. The highest BCUT2D eigenvalue weighted by atomic mass is 79.9. The Morgan fingerprint density at radius 1 is 1.38 bits per heavy atom. The number of aliphatic hydroxyl groups is 1. The highest BCUT2D eigenvalue weighted by Gasteiger charge is 2.65. The van der Waals surface area contributed by atoms with Crippen molar-refractivity contribution in [1.29, 1.82) is 0 Å². The lowest BCUT2D eigenvalue weighted by Crippen LogP contribution is -2.56. The summed E-state index contributed by atoms with van der Waals surface area (Å²) >= 11 is 3.46. The second-order valence-corrected chi connectivity index (χ2v) is 6.77. The largest absolute Gasteiger partial charge is 0.368 e. The molecule has 1 saturated carbocycles. The summed E-state index contributed by atoms with van der Waals surface area (Å²) in [7, 11) is 3.26. The zero-order valence-electron chi connectivity index (χ0n) is 11.6. The minimum atomic E-state index is -1.26. The molecule has 1 saturated heterocycles. The van der Waals surface area contributed by atoms with Crippen LogP contribution in [0.5, 0.6) is 0 Å². The summed E-state index contributed by atoms with van der Waals surface area (Å²) in [5.74, 6) is -0.179. The van der Waals surface area contributed by atoms with E-state index in [0.29, 0.717) is 12.1 Å². The first-order valence-corrected chi connectivity index (χ1v) is 7.56. The minimum Gasteiger partial charge on any atom is -0.368 e. The van der Waals surface area contributed by atoms with E-state index < -0.39 is 11.8 Å². The van der Waals surface area contributed by atoms with Gasteiger partial charge in [0.05, 0.1) is 16.7 Å². The van der Waals surface area contributed by atoms with Crippen LogP contribution in [0.3, 0.4) is 0 Å². The third-order valence-electron chi connectivity index (χ3n) is 5.06. The molecule has 7 nitrogen and oxygen atoms in total. The van der Waals surface area contributed by atoms with Crippen molar-refractivity contribution in [3.05, 3.63) is 22.4 Å². The Hall–Kier alpha value is -1.54. The molecular formula is C13H15BrN4O3. The Morgan fingerprint density at radius 3 is 2.81 bits per heavy atom. The summed E-state index contributed by atoms with van der Waals surface area (Å²) in [6.07, 6.45) is 0.384. The smallest absolute Gasteiger partial charge is 0.322 e. The molecule has 0 bridgehead atoms. The highest BCUT2D eigenvalue weighted by Crippen LogP contribution is 2.49. The summed E-state index contributed by atoms with van der Waals surface area (Å²) in [5.41, 5.74) is -0.692. The molecule has 4 atom stereocenters. The SMILES string of the molecule is CN1C(=O)N(C)[C@]2(O)C[C@@H]3[C@@H](NC(=O)c4ccc(Br)n43)[C@H]12. The summed E-state index contributed by atoms with van der Waals surface area (Å²) in [4.78, 5) is 27.3. The average Bonchev–Trinajstić information content (AvgIpc) is 3.00. The van der Waals surface area contributed by atoms with Gasteiger partial charge in [-0.05, 0) is 28.1 Å².